The van der Waals surface area contributed by atoms with Crippen LogP contribution >= 0.6 is 0 Å². The van der Waals surface area contributed by atoms with E-state index >= 15 is 0 Å². The molecule has 1 aliphatic rings. The zero-order chi connectivity index (χ0) is 20.7. The van der Waals surface area contributed by atoms with Crippen LogP contribution in [0.5, 0.6) is 5.88 Å². The molecule has 1 unspecified atom stereocenters. The summed E-state index contributed by atoms with van der Waals surface area (Å²) in [6, 6.07) is 12.1. The molecule has 0 amide bonds. The molecule has 152 valence electrons. The van der Waals surface area contributed by atoms with Crippen LogP contribution in [0.15, 0.2) is 60.3 Å². The van der Waals surface area contributed by atoms with Gasteiger partial charge >= 0.3 is 0 Å². The van der Waals surface area contributed by atoms with Crippen LogP contribution in [-0.4, -0.2) is 38.7 Å². The van der Waals surface area contributed by atoms with Crippen LogP contribution in [0.1, 0.15) is 23.0 Å². The molecular formula is C22H22N6O2. The van der Waals surface area contributed by atoms with Gasteiger partial charge < -0.3 is 24.0 Å². The maximum Gasteiger partial charge on any atom is 0.238 e. The van der Waals surface area contributed by atoms with E-state index in [0.717, 1.165) is 16.9 Å². The topological polar surface area (TPSA) is 78.5 Å². The van der Waals surface area contributed by atoms with Crippen molar-refractivity contribution in [2.24, 2.45) is 12.2 Å². The van der Waals surface area contributed by atoms with E-state index in [1.807, 2.05) is 49.0 Å². The number of rotatable bonds is 4. The highest BCUT2D eigenvalue weighted by atomic mass is 16.6. The molecule has 5 rings (SSSR count). The SMILES string of the molecule is COc1nc(C2=NOCC(c3cn(C)c4ccccc34)N2)ccc1-n1cnc(C)c1. The molecule has 1 aliphatic heterocycles. The fourth-order valence-electron chi connectivity index (χ4n) is 3.81. The first-order chi connectivity index (χ1) is 14.6. The maximum absolute atomic E-state index is 5.57. The lowest BCUT2D eigenvalue weighted by atomic mass is 10.1. The number of fused-ring (bicyclic) bond motifs is 1. The van der Waals surface area contributed by atoms with Gasteiger partial charge in [-0.15, -0.1) is 0 Å². The number of para-hydroxylation sites is 1. The number of imidazole rings is 1. The second-order valence-electron chi connectivity index (χ2n) is 7.29. The second-order valence-corrected chi connectivity index (χ2v) is 7.29. The highest BCUT2D eigenvalue weighted by Gasteiger charge is 2.24. The third-order valence-corrected chi connectivity index (χ3v) is 5.28. The number of benzene rings is 1. The Balaban J connectivity index is 1.47. The van der Waals surface area contributed by atoms with E-state index in [0.29, 0.717) is 24.0 Å². The van der Waals surface area contributed by atoms with Crippen LogP contribution in [0.2, 0.25) is 0 Å². The fourth-order valence-corrected chi connectivity index (χ4v) is 3.81. The normalized spacial score (nSPS) is 16.1. The third-order valence-electron chi connectivity index (χ3n) is 5.28. The lowest BCUT2D eigenvalue weighted by Crippen LogP contribution is -2.36. The van der Waals surface area contributed by atoms with Crippen molar-refractivity contribution in [1.29, 1.82) is 0 Å². The van der Waals surface area contributed by atoms with Gasteiger partial charge in [0.1, 0.15) is 18.0 Å². The molecule has 8 nitrogen and oxygen atoms in total. The average Bonchev–Trinajstić information content (AvgIpc) is 3.37. The summed E-state index contributed by atoms with van der Waals surface area (Å²) in [5, 5.41) is 8.88. The Bertz CT molecular complexity index is 1260. The predicted octanol–water partition coefficient (Wildman–Crippen LogP) is 3.10. The van der Waals surface area contributed by atoms with Gasteiger partial charge in [0.25, 0.3) is 0 Å². The number of aromatic nitrogens is 4. The number of nitrogens with zero attached hydrogens (tertiary/aromatic N) is 5. The summed E-state index contributed by atoms with van der Waals surface area (Å²) in [5.74, 6) is 1.06. The lowest BCUT2D eigenvalue weighted by molar-refractivity contribution is 0.109. The molecule has 4 aromatic rings. The summed E-state index contributed by atoms with van der Waals surface area (Å²) in [5.41, 5.74) is 4.73. The summed E-state index contributed by atoms with van der Waals surface area (Å²) in [6.07, 6.45) is 5.80. The highest BCUT2D eigenvalue weighted by molar-refractivity contribution is 5.98. The molecule has 3 aromatic heterocycles. The van der Waals surface area contributed by atoms with Gasteiger partial charge in [0, 0.05) is 35.9 Å². The fraction of sp³-hybridized carbons (Fsp3) is 0.227. The van der Waals surface area contributed by atoms with Gasteiger partial charge in [-0.2, -0.15) is 0 Å². The molecule has 0 fully saturated rings. The van der Waals surface area contributed by atoms with Crippen molar-refractivity contribution in [2.75, 3.05) is 13.7 Å². The minimum Gasteiger partial charge on any atom is -0.479 e. The summed E-state index contributed by atoms with van der Waals surface area (Å²) in [4.78, 5) is 14.5. The Labute approximate surface area is 173 Å². The van der Waals surface area contributed by atoms with Crippen LogP contribution in [-0.2, 0) is 11.9 Å². The number of nitrogens with one attached hydrogen (secondary N) is 1. The van der Waals surface area contributed by atoms with Gasteiger partial charge in [-0.25, -0.2) is 9.97 Å². The number of oxime groups is 1. The van der Waals surface area contributed by atoms with E-state index in [1.54, 1.807) is 13.4 Å². The predicted molar refractivity (Wildman–Crippen MR) is 114 cm³/mol. The van der Waals surface area contributed by atoms with Crippen LogP contribution in [0.4, 0.5) is 0 Å². The molecule has 1 atom stereocenters. The quantitative estimate of drug-likeness (QED) is 0.568. The van der Waals surface area contributed by atoms with Crippen molar-refractivity contribution in [3.05, 3.63) is 72.1 Å². The van der Waals surface area contributed by atoms with E-state index in [4.69, 9.17) is 9.57 Å². The minimum atomic E-state index is -0.0348. The Morgan fingerprint density at radius 1 is 1.17 bits per heavy atom. The van der Waals surface area contributed by atoms with Crippen molar-refractivity contribution < 1.29 is 9.57 Å². The first-order valence-corrected chi connectivity index (χ1v) is 9.71. The lowest BCUT2D eigenvalue weighted by Gasteiger charge is -2.24. The van der Waals surface area contributed by atoms with Gasteiger partial charge in [-0.1, -0.05) is 23.4 Å². The zero-order valence-corrected chi connectivity index (χ0v) is 17.0. The number of pyridine rings is 1. The van der Waals surface area contributed by atoms with Crippen LogP contribution in [0.3, 0.4) is 0 Å². The largest absolute Gasteiger partial charge is 0.479 e. The van der Waals surface area contributed by atoms with Crippen molar-refractivity contribution in [3.63, 3.8) is 0 Å². The summed E-state index contributed by atoms with van der Waals surface area (Å²) in [6.45, 7) is 2.39. The van der Waals surface area contributed by atoms with Gasteiger partial charge in [0.15, 0.2) is 5.84 Å². The van der Waals surface area contributed by atoms with Crippen molar-refractivity contribution in [2.45, 2.75) is 13.0 Å². The Morgan fingerprint density at radius 2 is 2.03 bits per heavy atom. The maximum atomic E-state index is 5.57. The smallest absolute Gasteiger partial charge is 0.238 e. The monoisotopic (exact) mass is 402 g/mol. The van der Waals surface area contributed by atoms with Crippen LogP contribution in [0.25, 0.3) is 16.6 Å². The van der Waals surface area contributed by atoms with Gasteiger partial charge in [0.05, 0.1) is 25.2 Å². The molecule has 0 saturated heterocycles. The number of ether oxygens (including phenoxy) is 1. The molecule has 0 aliphatic carbocycles. The number of hydrogen-bond acceptors (Lipinski definition) is 6. The van der Waals surface area contributed by atoms with E-state index in [-0.39, 0.29) is 6.04 Å². The van der Waals surface area contributed by atoms with Crippen LogP contribution in [0, 0.1) is 6.92 Å². The van der Waals surface area contributed by atoms with E-state index in [2.05, 4.69) is 43.3 Å². The zero-order valence-electron chi connectivity index (χ0n) is 17.0. The number of methoxy groups -OCH3 is 1. The molecule has 0 spiro atoms. The molecule has 1 aromatic carbocycles. The molecule has 0 radical (unpaired) electrons. The molecule has 4 heterocycles. The number of hydrogen-bond donors (Lipinski definition) is 1. The number of amidine groups is 1. The van der Waals surface area contributed by atoms with Crippen molar-refractivity contribution in [3.8, 4) is 11.6 Å². The van der Waals surface area contributed by atoms with Crippen molar-refractivity contribution in [1.82, 2.24) is 24.4 Å². The Hall–Kier alpha value is -3.81. The third kappa shape index (κ3) is 3.06. The highest BCUT2D eigenvalue weighted by Crippen LogP contribution is 2.28. The van der Waals surface area contributed by atoms with Crippen LogP contribution < -0.4 is 10.1 Å². The summed E-state index contributed by atoms with van der Waals surface area (Å²) in [7, 11) is 3.65. The second kappa shape index (κ2) is 7.22. The molecular weight excluding hydrogens is 380 g/mol. The molecule has 0 saturated carbocycles. The minimum absolute atomic E-state index is 0.0348. The van der Waals surface area contributed by atoms with Crippen molar-refractivity contribution >= 4 is 16.7 Å². The summed E-state index contributed by atoms with van der Waals surface area (Å²) < 4.78 is 9.54. The Morgan fingerprint density at radius 3 is 2.83 bits per heavy atom. The Kier molecular flexibility index (Phi) is 4.39. The van der Waals surface area contributed by atoms with Gasteiger partial charge in [-0.05, 0) is 25.1 Å². The van der Waals surface area contributed by atoms with E-state index < -0.39 is 0 Å². The molecule has 1 N–H and O–H groups in total. The first kappa shape index (κ1) is 18.2. The summed E-state index contributed by atoms with van der Waals surface area (Å²) >= 11 is 0. The van der Waals surface area contributed by atoms with E-state index in [1.165, 1.54) is 10.9 Å². The average molecular weight is 402 g/mol. The van der Waals surface area contributed by atoms with Gasteiger partial charge in [0.2, 0.25) is 5.88 Å². The number of aryl methyl sites for hydroxylation is 2. The first-order valence-electron chi connectivity index (χ1n) is 9.71. The molecule has 30 heavy (non-hydrogen) atoms. The van der Waals surface area contributed by atoms with E-state index in [9.17, 15) is 0 Å². The molecule has 8 heteroatoms. The molecule has 0 bridgehead atoms. The van der Waals surface area contributed by atoms with Gasteiger partial charge in [-0.3, -0.25) is 0 Å². The standard InChI is InChI=1S/C22H22N6O2/c1-14-10-28(13-23-14)20-9-8-17(25-22(20)29-3)21-24-18(12-30-26-21)16-11-27(2)19-7-5-4-6-15(16)19/h4-11,13,18H,12H2,1-3H3,(H,24,26).